The summed E-state index contributed by atoms with van der Waals surface area (Å²) in [7, 11) is 0. The SMILES string of the molecule is CC(C)NCc1csc2c1CCC1(CCCC1)C2. The van der Waals surface area contributed by atoms with Crippen molar-refractivity contribution in [1.82, 2.24) is 5.32 Å². The number of fused-ring (bicyclic) bond motifs is 1. The molecule has 1 aromatic rings. The predicted molar refractivity (Wildman–Crippen MR) is 79.2 cm³/mol. The molecule has 3 rings (SSSR count). The third-order valence-corrected chi connectivity index (χ3v) is 5.95. The zero-order valence-corrected chi connectivity index (χ0v) is 12.5. The first-order valence-corrected chi connectivity index (χ1v) is 8.38. The molecule has 2 aliphatic rings. The van der Waals surface area contributed by atoms with Crippen molar-refractivity contribution in [2.75, 3.05) is 0 Å². The van der Waals surface area contributed by atoms with Gasteiger partial charge in [-0.2, -0.15) is 0 Å². The lowest BCUT2D eigenvalue weighted by atomic mass is 9.72. The summed E-state index contributed by atoms with van der Waals surface area (Å²) in [5, 5.41) is 5.98. The molecule has 0 bridgehead atoms. The zero-order valence-electron chi connectivity index (χ0n) is 11.7. The smallest absolute Gasteiger partial charge is 0.0218 e. The molecule has 18 heavy (non-hydrogen) atoms. The van der Waals surface area contributed by atoms with E-state index in [1.165, 1.54) is 44.9 Å². The molecule has 0 unspecified atom stereocenters. The van der Waals surface area contributed by atoms with Crippen molar-refractivity contribution in [2.45, 2.75) is 71.4 Å². The van der Waals surface area contributed by atoms with Gasteiger partial charge >= 0.3 is 0 Å². The minimum Gasteiger partial charge on any atom is -0.310 e. The molecule has 1 fully saturated rings. The van der Waals surface area contributed by atoms with Crippen LogP contribution in [0.4, 0.5) is 0 Å². The summed E-state index contributed by atoms with van der Waals surface area (Å²) in [6.07, 6.45) is 10.1. The quantitative estimate of drug-likeness (QED) is 0.857. The summed E-state index contributed by atoms with van der Waals surface area (Å²) in [5.74, 6) is 0. The topological polar surface area (TPSA) is 12.0 Å². The van der Waals surface area contributed by atoms with Crippen LogP contribution in [0.1, 0.15) is 62.0 Å². The zero-order chi connectivity index (χ0) is 12.6. The number of thiophene rings is 1. The second-order valence-corrected chi connectivity index (χ2v) is 7.55. The minimum atomic E-state index is 0.588. The Kier molecular flexibility index (Phi) is 3.50. The van der Waals surface area contributed by atoms with Gasteiger partial charge in [-0.05, 0) is 54.0 Å². The van der Waals surface area contributed by atoms with Gasteiger partial charge in [-0.1, -0.05) is 26.7 Å². The van der Waals surface area contributed by atoms with E-state index in [9.17, 15) is 0 Å². The summed E-state index contributed by atoms with van der Waals surface area (Å²) in [6, 6.07) is 0.588. The maximum Gasteiger partial charge on any atom is 0.0218 e. The summed E-state index contributed by atoms with van der Waals surface area (Å²) in [4.78, 5) is 1.71. The van der Waals surface area contributed by atoms with Crippen LogP contribution in [0, 0.1) is 5.41 Å². The fourth-order valence-corrected chi connectivity index (χ4v) is 5.02. The van der Waals surface area contributed by atoms with Gasteiger partial charge in [0.25, 0.3) is 0 Å². The molecular formula is C16H25NS. The van der Waals surface area contributed by atoms with E-state index < -0.39 is 0 Å². The Hall–Kier alpha value is -0.340. The largest absolute Gasteiger partial charge is 0.310 e. The monoisotopic (exact) mass is 263 g/mol. The van der Waals surface area contributed by atoms with Crippen LogP contribution in [0.15, 0.2) is 5.38 Å². The van der Waals surface area contributed by atoms with E-state index in [0.29, 0.717) is 11.5 Å². The summed E-state index contributed by atoms with van der Waals surface area (Å²) < 4.78 is 0. The Balaban J connectivity index is 1.74. The van der Waals surface area contributed by atoms with Gasteiger partial charge in [0.2, 0.25) is 0 Å². The standard InChI is InChI=1S/C16H25NS/c1-12(2)17-10-13-11-18-15-9-16(6-3-4-7-16)8-5-14(13)15/h11-12,17H,3-10H2,1-2H3. The summed E-state index contributed by atoms with van der Waals surface area (Å²) >= 11 is 2.02. The molecule has 0 aromatic carbocycles. The van der Waals surface area contributed by atoms with Gasteiger partial charge in [0.05, 0.1) is 0 Å². The first-order chi connectivity index (χ1) is 8.69. The Labute approximate surface area is 115 Å². The van der Waals surface area contributed by atoms with Gasteiger partial charge in [0.1, 0.15) is 0 Å². The van der Waals surface area contributed by atoms with Crippen LogP contribution < -0.4 is 5.32 Å². The highest BCUT2D eigenvalue weighted by atomic mass is 32.1. The van der Waals surface area contributed by atoms with Crippen LogP contribution in [0.5, 0.6) is 0 Å². The molecule has 1 nitrogen and oxygen atoms in total. The maximum atomic E-state index is 3.57. The number of nitrogens with one attached hydrogen (secondary N) is 1. The third kappa shape index (κ3) is 2.37. The van der Waals surface area contributed by atoms with E-state index in [-0.39, 0.29) is 0 Å². The molecule has 1 aromatic heterocycles. The van der Waals surface area contributed by atoms with Crippen molar-refractivity contribution in [3.8, 4) is 0 Å². The van der Waals surface area contributed by atoms with E-state index in [1.807, 2.05) is 11.3 Å². The molecule has 1 spiro atoms. The van der Waals surface area contributed by atoms with Crippen LogP contribution in [-0.2, 0) is 19.4 Å². The fraction of sp³-hybridized carbons (Fsp3) is 0.750. The molecule has 2 heteroatoms. The second kappa shape index (κ2) is 4.97. The lowest BCUT2D eigenvalue weighted by Crippen LogP contribution is -2.26. The molecule has 2 aliphatic carbocycles. The van der Waals surface area contributed by atoms with Crippen LogP contribution in [0.2, 0.25) is 0 Å². The average molecular weight is 263 g/mol. The molecule has 0 amide bonds. The van der Waals surface area contributed by atoms with Crippen molar-refractivity contribution in [2.24, 2.45) is 5.41 Å². The summed E-state index contributed by atoms with van der Waals surface area (Å²) in [6.45, 7) is 5.52. The van der Waals surface area contributed by atoms with Crippen LogP contribution >= 0.6 is 11.3 Å². The Morgan fingerprint density at radius 3 is 2.78 bits per heavy atom. The maximum absolute atomic E-state index is 3.57. The second-order valence-electron chi connectivity index (χ2n) is 6.58. The van der Waals surface area contributed by atoms with Crippen LogP contribution in [0.3, 0.4) is 0 Å². The molecule has 100 valence electrons. The van der Waals surface area contributed by atoms with Gasteiger partial charge in [-0.3, -0.25) is 0 Å². The van der Waals surface area contributed by atoms with Crippen molar-refractivity contribution in [3.05, 3.63) is 21.4 Å². The molecule has 0 saturated heterocycles. The Morgan fingerprint density at radius 2 is 2.06 bits per heavy atom. The highest BCUT2D eigenvalue weighted by Gasteiger charge is 2.38. The molecule has 1 N–H and O–H groups in total. The van der Waals surface area contributed by atoms with Crippen molar-refractivity contribution >= 4 is 11.3 Å². The normalized spacial score (nSPS) is 21.7. The van der Waals surface area contributed by atoms with Gasteiger partial charge in [-0.15, -0.1) is 11.3 Å². The van der Waals surface area contributed by atoms with Gasteiger partial charge in [0.15, 0.2) is 0 Å². The highest BCUT2D eigenvalue weighted by Crippen LogP contribution is 2.49. The van der Waals surface area contributed by atoms with E-state index >= 15 is 0 Å². The fourth-order valence-electron chi connectivity index (χ4n) is 3.75. The predicted octanol–water partition coefficient (Wildman–Crippen LogP) is 4.30. The van der Waals surface area contributed by atoms with Gasteiger partial charge in [0, 0.05) is 17.5 Å². The minimum absolute atomic E-state index is 0.588. The first-order valence-electron chi connectivity index (χ1n) is 7.50. The third-order valence-electron chi connectivity index (χ3n) is 4.87. The molecule has 1 heterocycles. The number of hydrogen-bond acceptors (Lipinski definition) is 2. The summed E-state index contributed by atoms with van der Waals surface area (Å²) in [5.41, 5.74) is 3.99. The lowest BCUT2D eigenvalue weighted by Gasteiger charge is -2.33. The Morgan fingerprint density at radius 1 is 1.28 bits per heavy atom. The number of hydrogen-bond donors (Lipinski definition) is 1. The van der Waals surface area contributed by atoms with E-state index in [2.05, 4.69) is 24.5 Å². The van der Waals surface area contributed by atoms with Gasteiger partial charge in [-0.25, -0.2) is 0 Å². The van der Waals surface area contributed by atoms with Gasteiger partial charge < -0.3 is 5.32 Å². The van der Waals surface area contributed by atoms with Crippen molar-refractivity contribution < 1.29 is 0 Å². The molecule has 1 saturated carbocycles. The first kappa shape index (κ1) is 12.7. The van der Waals surface area contributed by atoms with E-state index in [0.717, 1.165) is 6.54 Å². The number of rotatable bonds is 3. The molecular weight excluding hydrogens is 238 g/mol. The average Bonchev–Trinajstić information content (AvgIpc) is 2.94. The van der Waals surface area contributed by atoms with Crippen LogP contribution in [0.25, 0.3) is 0 Å². The molecule has 0 radical (unpaired) electrons. The Bertz CT molecular complexity index is 413. The lowest BCUT2D eigenvalue weighted by molar-refractivity contribution is 0.257. The van der Waals surface area contributed by atoms with Crippen molar-refractivity contribution in [3.63, 3.8) is 0 Å². The van der Waals surface area contributed by atoms with Crippen molar-refractivity contribution in [1.29, 1.82) is 0 Å². The molecule has 0 atom stereocenters. The van der Waals surface area contributed by atoms with Crippen LogP contribution in [-0.4, -0.2) is 6.04 Å². The molecule has 0 aliphatic heterocycles. The van der Waals surface area contributed by atoms with E-state index in [4.69, 9.17) is 0 Å². The highest BCUT2D eigenvalue weighted by molar-refractivity contribution is 7.10. The van der Waals surface area contributed by atoms with E-state index in [1.54, 1.807) is 16.0 Å².